The smallest absolute Gasteiger partial charge is 0.329 e. The van der Waals surface area contributed by atoms with Gasteiger partial charge in [-0.2, -0.15) is 0 Å². The van der Waals surface area contributed by atoms with Gasteiger partial charge in [-0.15, -0.1) is 0 Å². The van der Waals surface area contributed by atoms with E-state index in [0.717, 1.165) is 11.1 Å². The zero-order valence-corrected chi connectivity index (χ0v) is 15.9. The molecule has 2 N–H and O–H groups in total. The zero-order chi connectivity index (χ0) is 20.0. The fourth-order valence-corrected chi connectivity index (χ4v) is 2.36. The number of nitrogens with one attached hydrogen (secondary N) is 2. The largest absolute Gasteiger partial charge is 0.451 e. The maximum absolute atomic E-state index is 12.3. The van der Waals surface area contributed by atoms with Gasteiger partial charge in [0, 0.05) is 11.3 Å². The van der Waals surface area contributed by atoms with Crippen LogP contribution in [0.4, 0.5) is 5.69 Å². The van der Waals surface area contributed by atoms with Crippen molar-refractivity contribution in [3.8, 4) is 0 Å². The van der Waals surface area contributed by atoms with E-state index in [1.54, 1.807) is 30.3 Å². The lowest BCUT2D eigenvalue weighted by Gasteiger charge is -2.18. The van der Waals surface area contributed by atoms with Crippen molar-refractivity contribution in [2.45, 2.75) is 39.8 Å². The topological polar surface area (TPSA) is 84.5 Å². The summed E-state index contributed by atoms with van der Waals surface area (Å²) in [4.78, 5) is 36.6. The number of carbonyl (C=O) groups excluding carboxylic acids is 3. The van der Waals surface area contributed by atoms with Crippen molar-refractivity contribution in [1.29, 1.82) is 0 Å². The second kappa shape index (κ2) is 8.98. The number of carbonyl (C=O) groups is 3. The summed E-state index contributed by atoms with van der Waals surface area (Å²) in [5, 5.41) is 5.32. The van der Waals surface area contributed by atoms with Crippen LogP contribution in [0.3, 0.4) is 0 Å². The molecule has 27 heavy (non-hydrogen) atoms. The van der Waals surface area contributed by atoms with Crippen molar-refractivity contribution in [2.24, 2.45) is 0 Å². The molecular formula is C21H24N2O4. The Morgan fingerprint density at radius 2 is 1.63 bits per heavy atom. The maximum atomic E-state index is 12.3. The fourth-order valence-electron chi connectivity index (χ4n) is 2.36. The van der Waals surface area contributed by atoms with Crippen LogP contribution >= 0.6 is 0 Å². The number of esters is 1. The van der Waals surface area contributed by atoms with E-state index in [1.165, 1.54) is 13.8 Å². The summed E-state index contributed by atoms with van der Waals surface area (Å²) < 4.78 is 5.19. The molecule has 2 amide bonds. The average molecular weight is 368 g/mol. The summed E-state index contributed by atoms with van der Waals surface area (Å²) in [6.45, 7) is 6.81. The van der Waals surface area contributed by atoms with Gasteiger partial charge in [-0.1, -0.05) is 30.3 Å². The average Bonchev–Trinajstić information content (AvgIpc) is 2.65. The molecule has 142 valence electrons. The Morgan fingerprint density at radius 1 is 0.963 bits per heavy atom. The highest BCUT2D eigenvalue weighted by atomic mass is 16.5. The Bertz CT molecular complexity index is 833. The van der Waals surface area contributed by atoms with Crippen LogP contribution in [-0.4, -0.2) is 29.9 Å². The van der Waals surface area contributed by atoms with E-state index in [1.807, 2.05) is 32.0 Å². The van der Waals surface area contributed by atoms with Crippen molar-refractivity contribution in [3.05, 3.63) is 65.2 Å². The van der Waals surface area contributed by atoms with E-state index in [0.29, 0.717) is 11.3 Å². The molecule has 0 heterocycles. The monoisotopic (exact) mass is 368 g/mol. The van der Waals surface area contributed by atoms with E-state index in [4.69, 9.17) is 4.74 Å². The van der Waals surface area contributed by atoms with Gasteiger partial charge < -0.3 is 15.4 Å². The molecule has 2 atom stereocenters. The summed E-state index contributed by atoms with van der Waals surface area (Å²) >= 11 is 0. The van der Waals surface area contributed by atoms with Crippen LogP contribution in [0.5, 0.6) is 0 Å². The molecule has 0 bridgehead atoms. The maximum Gasteiger partial charge on any atom is 0.329 e. The van der Waals surface area contributed by atoms with Crippen molar-refractivity contribution >= 4 is 23.5 Å². The molecule has 2 aromatic carbocycles. The molecular weight excluding hydrogens is 344 g/mol. The summed E-state index contributed by atoms with van der Waals surface area (Å²) in [5.41, 5.74) is 3.04. The first-order chi connectivity index (χ1) is 12.8. The molecule has 0 radical (unpaired) electrons. The van der Waals surface area contributed by atoms with E-state index in [9.17, 15) is 14.4 Å². The van der Waals surface area contributed by atoms with Crippen molar-refractivity contribution in [1.82, 2.24) is 5.32 Å². The number of hydrogen-bond acceptors (Lipinski definition) is 4. The molecule has 0 unspecified atom stereocenters. The molecule has 0 aromatic heterocycles. The fraction of sp³-hybridized carbons (Fsp3) is 0.286. The summed E-state index contributed by atoms with van der Waals surface area (Å²) in [7, 11) is 0. The number of amides is 2. The van der Waals surface area contributed by atoms with Crippen molar-refractivity contribution < 1.29 is 19.1 Å². The number of anilines is 1. The molecule has 0 fully saturated rings. The van der Waals surface area contributed by atoms with Crippen molar-refractivity contribution in [2.75, 3.05) is 5.32 Å². The number of benzene rings is 2. The summed E-state index contributed by atoms with van der Waals surface area (Å²) in [6.07, 6.45) is -0.992. The van der Waals surface area contributed by atoms with Gasteiger partial charge in [-0.3, -0.25) is 9.59 Å². The molecule has 2 rings (SSSR count). The van der Waals surface area contributed by atoms with E-state index >= 15 is 0 Å². The van der Waals surface area contributed by atoms with Gasteiger partial charge in [0.1, 0.15) is 6.04 Å². The van der Waals surface area contributed by atoms with E-state index in [-0.39, 0.29) is 5.91 Å². The third kappa shape index (κ3) is 5.67. The quantitative estimate of drug-likeness (QED) is 0.768. The Balaban J connectivity index is 1.91. The van der Waals surface area contributed by atoms with E-state index in [2.05, 4.69) is 10.6 Å². The first kappa shape index (κ1) is 20.2. The van der Waals surface area contributed by atoms with Crippen LogP contribution in [0.2, 0.25) is 0 Å². The summed E-state index contributed by atoms with van der Waals surface area (Å²) in [6, 6.07) is 13.4. The minimum Gasteiger partial charge on any atom is -0.451 e. The van der Waals surface area contributed by atoms with Gasteiger partial charge in [0.05, 0.1) is 0 Å². The highest BCUT2D eigenvalue weighted by Crippen LogP contribution is 2.17. The number of rotatable bonds is 6. The van der Waals surface area contributed by atoms with Gasteiger partial charge >= 0.3 is 5.97 Å². The van der Waals surface area contributed by atoms with Crippen LogP contribution in [0.25, 0.3) is 0 Å². The van der Waals surface area contributed by atoms with E-state index < -0.39 is 24.0 Å². The molecule has 0 aliphatic heterocycles. The SMILES string of the molecule is Cc1ccc(C)c(NC(=O)[C@@H](C)OC(=O)[C@H](C)NC(=O)c2ccccc2)c1. The van der Waals surface area contributed by atoms with Crippen LogP contribution in [0, 0.1) is 13.8 Å². The third-order valence-electron chi connectivity index (χ3n) is 4.05. The standard InChI is InChI=1S/C21H24N2O4/c1-13-10-11-14(2)18(12-13)23-19(24)16(4)27-21(26)15(3)22-20(25)17-8-6-5-7-9-17/h5-12,15-16H,1-4H3,(H,22,25)(H,23,24)/t15-,16+/m0/s1. The van der Waals surface area contributed by atoms with Crippen LogP contribution in [0.1, 0.15) is 35.3 Å². The normalized spacial score (nSPS) is 12.6. The molecule has 0 spiro atoms. The second-order valence-electron chi connectivity index (χ2n) is 6.45. The number of ether oxygens (including phenoxy) is 1. The molecule has 0 aliphatic carbocycles. The predicted octanol–water partition coefficient (Wildman–Crippen LogP) is 2.99. The molecule has 0 aliphatic rings. The van der Waals surface area contributed by atoms with Crippen LogP contribution in [-0.2, 0) is 14.3 Å². The Kier molecular flexibility index (Phi) is 6.71. The highest BCUT2D eigenvalue weighted by molar-refractivity contribution is 5.98. The minimum atomic E-state index is -0.992. The highest BCUT2D eigenvalue weighted by Gasteiger charge is 2.23. The first-order valence-electron chi connectivity index (χ1n) is 8.72. The van der Waals surface area contributed by atoms with Gasteiger partial charge in [-0.05, 0) is 57.0 Å². The Morgan fingerprint density at radius 3 is 2.30 bits per heavy atom. The zero-order valence-electron chi connectivity index (χ0n) is 15.9. The number of aryl methyl sites for hydroxylation is 2. The molecule has 0 saturated carbocycles. The lowest BCUT2D eigenvalue weighted by Crippen LogP contribution is -2.42. The lowest BCUT2D eigenvalue weighted by atomic mass is 10.1. The van der Waals surface area contributed by atoms with Crippen LogP contribution in [0.15, 0.2) is 48.5 Å². The van der Waals surface area contributed by atoms with Gasteiger partial charge in [0.15, 0.2) is 6.10 Å². The lowest BCUT2D eigenvalue weighted by molar-refractivity contribution is -0.154. The Labute approximate surface area is 158 Å². The van der Waals surface area contributed by atoms with Gasteiger partial charge in [0.25, 0.3) is 11.8 Å². The third-order valence-corrected chi connectivity index (χ3v) is 4.05. The first-order valence-corrected chi connectivity index (χ1v) is 8.72. The summed E-state index contributed by atoms with van der Waals surface area (Å²) in [5.74, 6) is -1.49. The van der Waals surface area contributed by atoms with Gasteiger partial charge in [-0.25, -0.2) is 4.79 Å². The predicted molar refractivity (Wildman–Crippen MR) is 103 cm³/mol. The molecule has 6 nitrogen and oxygen atoms in total. The molecule has 0 saturated heterocycles. The van der Waals surface area contributed by atoms with Gasteiger partial charge in [0.2, 0.25) is 0 Å². The molecule has 2 aromatic rings. The van der Waals surface area contributed by atoms with Crippen LogP contribution < -0.4 is 10.6 Å². The number of hydrogen-bond donors (Lipinski definition) is 2. The second-order valence-corrected chi connectivity index (χ2v) is 6.45. The molecule has 6 heteroatoms. The minimum absolute atomic E-state index is 0.382. The van der Waals surface area contributed by atoms with Crippen molar-refractivity contribution in [3.63, 3.8) is 0 Å². The Hall–Kier alpha value is -3.15.